The Kier molecular flexibility index (Phi) is 13.7. The molecule has 0 unspecified atom stereocenters. The van der Waals surface area contributed by atoms with Gasteiger partial charge in [-0.2, -0.15) is 10.2 Å². The Balaban J connectivity index is 0.000000198. The number of nitrogens with one attached hydrogen (secondary N) is 1. The van der Waals surface area contributed by atoms with Gasteiger partial charge in [0.1, 0.15) is 28.6 Å². The predicted molar refractivity (Wildman–Crippen MR) is 191 cm³/mol. The highest BCUT2D eigenvalue weighted by atomic mass is 19.1. The number of carbonyl (C=O) groups is 4. The van der Waals surface area contributed by atoms with Crippen molar-refractivity contribution in [2.75, 3.05) is 24.3 Å². The molecule has 6 rings (SSSR count). The number of nitrogen functional groups attached to an aromatic ring is 1. The summed E-state index contributed by atoms with van der Waals surface area (Å²) < 4.78 is 38.1. The fourth-order valence-corrected chi connectivity index (χ4v) is 4.46. The van der Waals surface area contributed by atoms with Crippen molar-refractivity contribution in [2.24, 2.45) is 0 Å². The monoisotopic (exact) mass is 724 g/mol. The molecular formula is C38H34F2N6O7. The minimum Gasteiger partial charge on any atom is -0.478 e. The number of para-hydroxylation sites is 2. The van der Waals surface area contributed by atoms with Crippen LogP contribution in [0.2, 0.25) is 0 Å². The van der Waals surface area contributed by atoms with E-state index in [0.717, 1.165) is 17.8 Å². The highest BCUT2D eigenvalue weighted by molar-refractivity contribution is 6.07. The van der Waals surface area contributed by atoms with Crippen molar-refractivity contribution in [3.63, 3.8) is 0 Å². The number of anilines is 2. The zero-order chi connectivity index (χ0) is 38.3. The number of benzene rings is 4. The van der Waals surface area contributed by atoms with Crippen LogP contribution < -0.4 is 11.1 Å². The molecule has 6 aromatic rings. The van der Waals surface area contributed by atoms with Crippen LogP contribution in [0.5, 0.6) is 0 Å². The van der Waals surface area contributed by atoms with Crippen LogP contribution in [0, 0.1) is 11.6 Å². The lowest BCUT2D eigenvalue weighted by Gasteiger charge is -2.11. The van der Waals surface area contributed by atoms with Crippen LogP contribution in [0.15, 0.2) is 122 Å². The number of hydrogen-bond donors (Lipinski definition) is 3. The first-order chi connectivity index (χ1) is 25.5. The van der Waals surface area contributed by atoms with Crippen molar-refractivity contribution in [1.29, 1.82) is 0 Å². The molecule has 0 spiro atoms. The molecule has 4 N–H and O–H groups in total. The molecule has 0 fully saturated rings. The summed E-state index contributed by atoms with van der Waals surface area (Å²) in [6, 6.07) is 28.2. The van der Waals surface area contributed by atoms with E-state index >= 15 is 0 Å². The third kappa shape index (κ3) is 10.4. The van der Waals surface area contributed by atoms with Gasteiger partial charge in [0.15, 0.2) is 5.82 Å². The summed E-state index contributed by atoms with van der Waals surface area (Å²) in [5.74, 6) is -2.98. The SMILES string of the molecule is CCOC(=O)c1cnn(-c2ccccc2)c1N.CCOC(=O)c1cnn(-c2ccccc2)c1NC(=O)c1ccc(F)cc1.O=C(O)c1ccc(F)cc1. The summed E-state index contributed by atoms with van der Waals surface area (Å²) >= 11 is 0. The molecule has 0 aliphatic rings. The highest BCUT2D eigenvalue weighted by Gasteiger charge is 2.22. The zero-order valence-electron chi connectivity index (χ0n) is 28.5. The number of hydrogen-bond acceptors (Lipinski definition) is 9. The topological polar surface area (TPSA) is 181 Å². The van der Waals surface area contributed by atoms with Gasteiger partial charge in [-0.3, -0.25) is 4.79 Å². The largest absolute Gasteiger partial charge is 0.478 e. The van der Waals surface area contributed by atoms with E-state index in [1.807, 2.05) is 48.5 Å². The molecule has 0 aliphatic heterocycles. The molecule has 1 amide bonds. The molecule has 13 nitrogen and oxygen atoms in total. The van der Waals surface area contributed by atoms with E-state index < -0.39 is 35.4 Å². The van der Waals surface area contributed by atoms with E-state index in [1.165, 1.54) is 58.2 Å². The van der Waals surface area contributed by atoms with Gasteiger partial charge >= 0.3 is 17.9 Å². The maximum Gasteiger partial charge on any atom is 0.343 e. The normalized spacial score (nSPS) is 10.1. The average molecular weight is 725 g/mol. The maximum atomic E-state index is 13.1. The molecule has 2 heterocycles. The molecule has 0 aliphatic carbocycles. The lowest BCUT2D eigenvalue weighted by Crippen LogP contribution is -2.18. The van der Waals surface area contributed by atoms with Gasteiger partial charge in [-0.25, -0.2) is 32.5 Å². The Morgan fingerprint density at radius 1 is 0.660 bits per heavy atom. The second kappa shape index (κ2) is 18.7. The second-order valence-corrected chi connectivity index (χ2v) is 10.6. The van der Waals surface area contributed by atoms with Gasteiger partial charge < -0.3 is 25.6 Å². The Labute approximate surface area is 302 Å². The van der Waals surface area contributed by atoms with Gasteiger partial charge in [0.05, 0.1) is 42.5 Å². The van der Waals surface area contributed by atoms with Crippen molar-refractivity contribution in [3.8, 4) is 11.4 Å². The molecule has 15 heteroatoms. The number of aromatic nitrogens is 4. The minimum absolute atomic E-state index is 0.0985. The molecule has 0 atom stereocenters. The molecule has 0 saturated heterocycles. The number of ether oxygens (including phenoxy) is 2. The summed E-state index contributed by atoms with van der Waals surface area (Å²) in [5, 5.41) is 19.3. The van der Waals surface area contributed by atoms with E-state index in [4.69, 9.17) is 20.3 Å². The number of nitrogens with zero attached hydrogens (tertiary/aromatic N) is 4. The van der Waals surface area contributed by atoms with Gasteiger partial charge in [-0.05, 0) is 86.6 Å². The fraction of sp³-hybridized carbons (Fsp3) is 0.105. The number of halogens is 2. The average Bonchev–Trinajstić information content (AvgIpc) is 3.77. The van der Waals surface area contributed by atoms with Gasteiger partial charge in [-0.1, -0.05) is 36.4 Å². The van der Waals surface area contributed by atoms with Crippen molar-refractivity contribution in [2.45, 2.75) is 13.8 Å². The first kappa shape index (κ1) is 38.6. The van der Waals surface area contributed by atoms with Crippen molar-refractivity contribution in [3.05, 3.63) is 155 Å². The number of amides is 1. The summed E-state index contributed by atoms with van der Waals surface area (Å²) in [6.45, 7) is 3.95. The van der Waals surface area contributed by atoms with Crippen molar-refractivity contribution >= 4 is 35.5 Å². The highest BCUT2D eigenvalue weighted by Crippen LogP contribution is 2.22. The molecule has 2 aromatic heterocycles. The van der Waals surface area contributed by atoms with Crippen LogP contribution in [-0.4, -0.2) is 61.7 Å². The molecule has 53 heavy (non-hydrogen) atoms. The van der Waals surface area contributed by atoms with Crippen LogP contribution in [-0.2, 0) is 9.47 Å². The van der Waals surface area contributed by atoms with Gasteiger partial charge in [-0.15, -0.1) is 0 Å². The molecule has 0 bridgehead atoms. The van der Waals surface area contributed by atoms with Crippen LogP contribution in [0.3, 0.4) is 0 Å². The number of carboxylic acid groups (broad SMARTS) is 1. The summed E-state index contributed by atoms with van der Waals surface area (Å²) in [7, 11) is 0. The fourth-order valence-electron chi connectivity index (χ4n) is 4.46. The molecule has 0 radical (unpaired) electrons. The number of rotatable bonds is 9. The summed E-state index contributed by atoms with van der Waals surface area (Å²) in [4.78, 5) is 46.5. The van der Waals surface area contributed by atoms with Crippen LogP contribution in [0.1, 0.15) is 55.3 Å². The first-order valence-electron chi connectivity index (χ1n) is 16.0. The Bertz CT molecular complexity index is 2140. The molecule has 0 saturated carbocycles. The summed E-state index contributed by atoms with van der Waals surface area (Å²) in [6.07, 6.45) is 2.76. The lowest BCUT2D eigenvalue weighted by molar-refractivity contribution is 0.0517. The van der Waals surface area contributed by atoms with E-state index in [0.29, 0.717) is 12.3 Å². The van der Waals surface area contributed by atoms with Crippen LogP contribution >= 0.6 is 0 Å². The number of carboxylic acids is 1. The predicted octanol–water partition coefficient (Wildman–Crippen LogP) is 6.60. The summed E-state index contributed by atoms with van der Waals surface area (Å²) in [5.41, 5.74) is 8.11. The van der Waals surface area contributed by atoms with Crippen molar-refractivity contribution in [1.82, 2.24) is 19.6 Å². The van der Waals surface area contributed by atoms with E-state index in [-0.39, 0.29) is 40.5 Å². The number of aromatic carboxylic acids is 1. The van der Waals surface area contributed by atoms with Gasteiger partial charge in [0, 0.05) is 5.56 Å². The van der Waals surface area contributed by atoms with E-state index in [9.17, 15) is 28.0 Å². The third-order valence-corrected chi connectivity index (χ3v) is 7.00. The Morgan fingerprint density at radius 3 is 1.58 bits per heavy atom. The van der Waals surface area contributed by atoms with Gasteiger partial charge in [0.2, 0.25) is 0 Å². The number of nitrogens with two attached hydrogens (primary N) is 1. The standard InChI is InChI=1S/C19H16FN3O3.C12H13N3O2.C7H5FO2/c1-2-26-19(25)16-12-21-23(15-6-4-3-5-7-15)17(16)22-18(24)13-8-10-14(20)11-9-13;1-2-17-12(16)10-8-14-15(11(10)13)9-6-4-3-5-7-9;8-6-3-1-5(2-4-6)7(9)10/h3-12H,2H2,1H3,(H,22,24);3-8H,2,13H2,1H3;1-4H,(H,9,10). The van der Waals surface area contributed by atoms with Gasteiger partial charge in [0.25, 0.3) is 5.91 Å². The number of esters is 2. The lowest BCUT2D eigenvalue weighted by atomic mass is 10.2. The van der Waals surface area contributed by atoms with Crippen LogP contribution in [0.4, 0.5) is 20.4 Å². The van der Waals surface area contributed by atoms with E-state index in [2.05, 4.69) is 15.5 Å². The Morgan fingerprint density at radius 2 is 1.09 bits per heavy atom. The first-order valence-corrected chi connectivity index (χ1v) is 16.0. The molecule has 272 valence electrons. The van der Waals surface area contributed by atoms with E-state index in [1.54, 1.807) is 26.0 Å². The maximum absolute atomic E-state index is 13.1. The zero-order valence-corrected chi connectivity index (χ0v) is 28.5. The van der Waals surface area contributed by atoms with Crippen molar-refractivity contribution < 1.29 is 42.5 Å². The quantitative estimate of drug-likeness (QED) is 0.138. The third-order valence-electron chi connectivity index (χ3n) is 7.00. The Hall–Kier alpha value is -7.16. The van der Waals surface area contributed by atoms with Crippen LogP contribution in [0.25, 0.3) is 11.4 Å². The minimum atomic E-state index is -1.04. The molecular weight excluding hydrogens is 690 g/mol. The molecule has 4 aromatic carbocycles. The second-order valence-electron chi connectivity index (χ2n) is 10.6. The smallest absolute Gasteiger partial charge is 0.343 e. The number of carbonyl (C=O) groups excluding carboxylic acids is 3.